The minimum atomic E-state index is -1.13. The van der Waals surface area contributed by atoms with Crippen molar-refractivity contribution >= 4 is 12.0 Å². The Hall–Kier alpha value is -2.09. The van der Waals surface area contributed by atoms with Crippen LogP contribution >= 0.6 is 0 Å². The molecule has 0 unspecified atom stereocenters. The molecule has 20 heavy (non-hydrogen) atoms. The summed E-state index contributed by atoms with van der Waals surface area (Å²) in [5.74, 6) is -1.13. The third kappa shape index (κ3) is 5.27. The molecule has 0 fully saturated rings. The van der Waals surface area contributed by atoms with Crippen molar-refractivity contribution in [3.63, 3.8) is 0 Å². The van der Waals surface area contributed by atoms with Crippen LogP contribution in [0, 0.1) is 0 Å². The molecule has 1 heterocycles. The van der Waals surface area contributed by atoms with Crippen molar-refractivity contribution in [3.05, 3.63) is 18.2 Å². The van der Waals surface area contributed by atoms with Gasteiger partial charge in [0.15, 0.2) is 0 Å². The number of aromatic nitrogens is 2. The van der Waals surface area contributed by atoms with Crippen LogP contribution in [-0.2, 0) is 11.2 Å². The monoisotopic (exact) mass is 284 g/mol. The molecule has 1 atom stereocenters. The topological polar surface area (TPSA) is 119 Å². The third-order valence-electron chi connectivity index (χ3n) is 2.55. The van der Waals surface area contributed by atoms with Crippen molar-refractivity contribution in [1.82, 2.24) is 20.2 Å². The summed E-state index contributed by atoms with van der Waals surface area (Å²) in [5.41, 5.74) is -0.434. The fraction of sp³-hybridized carbons (Fsp3) is 0.583. The average molecular weight is 284 g/mol. The van der Waals surface area contributed by atoms with Crippen LogP contribution in [0.3, 0.4) is 0 Å². The predicted molar refractivity (Wildman–Crippen MR) is 71.2 cm³/mol. The number of rotatable bonds is 6. The van der Waals surface area contributed by atoms with E-state index in [0.717, 1.165) is 0 Å². The van der Waals surface area contributed by atoms with E-state index in [1.54, 1.807) is 13.8 Å². The highest BCUT2D eigenvalue weighted by atomic mass is 16.4. The van der Waals surface area contributed by atoms with E-state index < -0.39 is 23.6 Å². The van der Waals surface area contributed by atoms with Gasteiger partial charge in [0.25, 0.3) is 0 Å². The lowest BCUT2D eigenvalue weighted by Gasteiger charge is -2.27. The molecule has 0 bridgehead atoms. The van der Waals surface area contributed by atoms with Gasteiger partial charge in [-0.05, 0) is 13.8 Å². The Balaban J connectivity index is 2.61. The third-order valence-corrected chi connectivity index (χ3v) is 2.55. The van der Waals surface area contributed by atoms with Crippen LogP contribution in [0.4, 0.5) is 4.79 Å². The van der Waals surface area contributed by atoms with Gasteiger partial charge in [-0.15, -0.1) is 0 Å². The van der Waals surface area contributed by atoms with Gasteiger partial charge in [0, 0.05) is 25.4 Å². The van der Waals surface area contributed by atoms with E-state index in [2.05, 4.69) is 15.3 Å². The molecule has 0 aliphatic heterocycles. The number of nitrogens with one attached hydrogen (secondary N) is 2. The number of aliphatic carboxylic acids is 1. The second-order valence-electron chi connectivity index (χ2n) is 5.29. The van der Waals surface area contributed by atoms with Crippen molar-refractivity contribution < 1.29 is 19.8 Å². The van der Waals surface area contributed by atoms with Gasteiger partial charge in [-0.3, -0.25) is 0 Å². The minimum absolute atomic E-state index is 0.0925. The fourth-order valence-electron chi connectivity index (χ4n) is 1.73. The number of nitrogens with zero attached hydrogens (tertiary/aromatic N) is 2. The maximum Gasteiger partial charge on any atom is 0.326 e. The molecule has 0 aromatic carbocycles. The van der Waals surface area contributed by atoms with Gasteiger partial charge in [-0.1, -0.05) is 0 Å². The van der Waals surface area contributed by atoms with Crippen LogP contribution in [0.15, 0.2) is 12.5 Å². The maximum atomic E-state index is 11.9. The number of hydrogen-bond acceptors (Lipinski definition) is 4. The van der Waals surface area contributed by atoms with Crippen LogP contribution in [0.5, 0.6) is 0 Å². The molecular weight excluding hydrogens is 264 g/mol. The highest BCUT2D eigenvalue weighted by Gasteiger charge is 2.25. The highest BCUT2D eigenvalue weighted by molar-refractivity contribution is 5.82. The summed E-state index contributed by atoms with van der Waals surface area (Å²) in [4.78, 5) is 30.8. The van der Waals surface area contributed by atoms with Gasteiger partial charge in [-0.25, -0.2) is 14.6 Å². The Morgan fingerprint density at radius 2 is 2.20 bits per heavy atom. The van der Waals surface area contributed by atoms with Crippen LogP contribution in [0.2, 0.25) is 0 Å². The van der Waals surface area contributed by atoms with Gasteiger partial charge in [-0.2, -0.15) is 0 Å². The first-order chi connectivity index (χ1) is 9.19. The molecule has 1 aromatic rings. The van der Waals surface area contributed by atoms with Crippen molar-refractivity contribution in [2.75, 3.05) is 13.6 Å². The summed E-state index contributed by atoms with van der Waals surface area (Å²) in [6.07, 6.45) is 3.05. The largest absolute Gasteiger partial charge is 0.480 e. The van der Waals surface area contributed by atoms with Crippen molar-refractivity contribution in [3.8, 4) is 0 Å². The maximum absolute atomic E-state index is 11.9. The number of likely N-dealkylation sites (N-methyl/N-ethyl adjacent to an activating group) is 1. The Morgan fingerprint density at radius 3 is 2.65 bits per heavy atom. The smallest absolute Gasteiger partial charge is 0.326 e. The van der Waals surface area contributed by atoms with E-state index >= 15 is 0 Å². The SMILES string of the molecule is CN(CC(C)(C)O)C(=O)N[C@@H](Cc1cnc[nH]1)C(=O)O. The molecule has 8 nitrogen and oxygen atoms in total. The van der Waals surface area contributed by atoms with Gasteiger partial charge < -0.3 is 25.4 Å². The quantitative estimate of drug-likeness (QED) is 0.578. The zero-order valence-electron chi connectivity index (χ0n) is 11.8. The van der Waals surface area contributed by atoms with Gasteiger partial charge >= 0.3 is 12.0 Å². The summed E-state index contributed by atoms with van der Waals surface area (Å²) in [5, 5.41) is 21.2. The molecule has 112 valence electrons. The second-order valence-corrected chi connectivity index (χ2v) is 5.29. The van der Waals surface area contributed by atoms with E-state index in [1.165, 1.54) is 24.5 Å². The number of aromatic amines is 1. The molecule has 0 spiro atoms. The molecule has 0 aliphatic carbocycles. The molecule has 0 aliphatic rings. The lowest BCUT2D eigenvalue weighted by atomic mass is 10.1. The number of carboxylic acids is 1. The molecule has 0 saturated carbocycles. The normalized spacial score (nSPS) is 12.8. The zero-order chi connectivity index (χ0) is 15.3. The summed E-state index contributed by atoms with van der Waals surface area (Å²) in [6, 6.07) is -1.62. The summed E-state index contributed by atoms with van der Waals surface area (Å²) < 4.78 is 0. The number of aliphatic hydroxyl groups is 1. The standard InChI is InChI=1S/C12H20N4O4/c1-12(2,20)6-16(3)11(19)15-9(10(17)18)4-8-5-13-7-14-8/h5,7,9,20H,4,6H2,1-3H3,(H,13,14)(H,15,19)(H,17,18)/t9-/m0/s1. The van der Waals surface area contributed by atoms with Gasteiger partial charge in [0.1, 0.15) is 6.04 Å². The lowest BCUT2D eigenvalue weighted by Crippen LogP contribution is -2.50. The Bertz CT molecular complexity index is 453. The first-order valence-corrected chi connectivity index (χ1v) is 6.13. The number of hydrogen-bond donors (Lipinski definition) is 4. The van der Waals surface area contributed by atoms with Gasteiger partial charge in [0.05, 0.1) is 18.5 Å². The van der Waals surface area contributed by atoms with E-state index in [1.807, 2.05) is 0 Å². The lowest BCUT2D eigenvalue weighted by molar-refractivity contribution is -0.139. The second kappa shape index (κ2) is 6.38. The molecule has 2 amide bonds. The molecule has 1 rings (SSSR count). The number of H-pyrrole nitrogens is 1. The van der Waals surface area contributed by atoms with E-state index in [-0.39, 0.29) is 13.0 Å². The number of urea groups is 1. The van der Waals surface area contributed by atoms with Crippen molar-refractivity contribution in [2.24, 2.45) is 0 Å². The molecule has 4 N–H and O–H groups in total. The summed E-state index contributed by atoms with van der Waals surface area (Å²) in [7, 11) is 1.49. The summed E-state index contributed by atoms with van der Waals surface area (Å²) >= 11 is 0. The number of carbonyl (C=O) groups is 2. The molecule has 0 radical (unpaired) electrons. The predicted octanol–water partition coefficient (Wildman–Crippen LogP) is -0.182. The van der Waals surface area contributed by atoms with E-state index in [0.29, 0.717) is 5.69 Å². The molecule has 8 heteroatoms. The molecular formula is C12H20N4O4. The van der Waals surface area contributed by atoms with Crippen molar-refractivity contribution in [2.45, 2.75) is 31.9 Å². The van der Waals surface area contributed by atoms with E-state index in [9.17, 15) is 14.7 Å². The Morgan fingerprint density at radius 1 is 1.55 bits per heavy atom. The van der Waals surface area contributed by atoms with Crippen LogP contribution in [0.1, 0.15) is 19.5 Å². The number of carboxylic acid groups (broad SMARTS) is 1. The minimum Gasteiger partial charge on any atom is -0.480 e. The highest BCUT2D eigenvalue weighted by Crippen LogP contribution is 2.04. The molecule has 1 aromatic heterocycles. The first kappa shape index (κ1) is 16.0. The van der Waals surface area contributed by atoms with Crippen molar-refractivity contribution in [1.29, 1.82) is 0 Å². The van der Waals surface area contributed by atoms with E-state index in [4.69, 9.17) is 5.11 Å². The Labute approximate surface area is 116 Å². The summed E-state index contributed by atoms with van der Waals surface area (Å²) in [6.45, 7) is 3.22. The number of amides is 2. The van der Waals surface area contributed by atoms with Crippen LogP contribution < -0.4 is 5.32 Å². The molecule has 0 saturated heterocycles. The first-order valence-electron chi connectivity index (χ1n) is 6.13. The fourth-order valence-corrected chi connectivity index (χ4v) is 1.73. The van der Waals surface area contributed by atoms with Gasteiger partial charge in [0.2, 0.25) is 0 Å². The average Bonchev–Trinajstić information content (AvgIpc) is 2.78. The van der Waals surface area contributed by atoms with Crippen LogP contribution in [-0.4, -0.2) is 62.3 Å². The zero-order valence-corrected chi connectivity index (χ0v) is 11.8. The number of carbonyl (C=O) groups excluding carboxylic acids is 1. The number of imidazole rings is 1. The van der Waals surface area contributed by atoms with Crippen LogP contribution in [0.25, 0.3) is 0 Å². The Kier molecular flexibility index (Phi) is 5.09.